The molecular weight excluding hydrogens is 252 g/mol. The molecular formula is C14H13F2NO2. The first-order valence-corrected chi connectivity index (χ1v) is 5.85. The summed E-state index contributed by atoms with van der Waals surface area (Å²) in [5.41, 5.74) is -0.169. The van der Waals surface area contributed by atoms with E-state index in [1.54, 1.807) is 0 Å². The molecule has 0 saturated carbocycles. The zero-order chi connectivity index (χ0) is 13.8. The number of aryl methyl sites for hydroxylation is 1. The molecule has 0 spiro atoms. The van der Waals surface area contributed by atoms with Gasteiger partial charge in [0.05, 0.1) is 5.56 Å². The molecule has 2 aromatic rings. The van der Waals surface area contributed by atoms with Crippen molar-refractivity contribution in [3.63, 3.8) is 0 Å². The van der Waals surface area contributed by atoms with Crippen LogP contribution in [-0.4, -0.2) is 12.5 Å². The first kappa shape index (κ1) is 13.3. The van der Waals surface area contributed by atoms with Crippen molar-refractivity contribution in [3.05, 3.63) is 59.1 Å². The third-order valence-electron chi connectivity index (χ3n) is 2.63. The molecule has 0 bridgehead atoms. The normalized spacial score (nSPS) is 10.5. The summed E-state index contributed by atoms with van der Waals surface area (Å²) in [6.07, 6.45) is 0.516. The lowest BCUT2D eigenvalue weighted by molar-refractivity contribution is 0.0949. The zero-order valence-electron chi connectivity index (χ0n) is 10.4. The van der Waals surface area contributed by atoms with Gasteiger partial charge in [0.1, 0.15) is 23.2 Å². The van der Waals surface area contributed by atoms with Crippen LogP contribution in [0.4, 0.5) is 8.78 Å². The Hall–Kier alpha value is -2.17. The van der Waals surface area contributed by atoms with Gasteiger partial charge in [0.25, 0.3) is 5.91 Å². The molecule has 100 valence electrons. The van der Waals surface area contributed by atoms with Crippen LogP contribution in [0.5, 0.6) is 0 Å². The molecule has 0 saturated heterocycles. The second kappa shape index (κ2) is 5.65. The lowest BCUT2D eigenvalue weighted by Gasteiger charge is -2.05. The highest BCUT2D eigenvalue weighted by atomic mass is 19.1. The Kier molecular flexibility index (Phi) is 3.94. The van der Waals surface area contributed by atoms with Gasteiger partial charge in [-0.25, -0.2) is 8.78 Å². The monoisotopic (exact) mass is 265 g/mol. The summed E-state index contributed by atoms with van der Waals surface area (Å²) in [6.45, 7) is 2.15. The first-order valence-electron chi connectivity index (χ1n) is 5.85. The molecule has 0 unspecified atom stereocenters. The second-order valence-electron chi connectivity index (χ2n) is 4.14. The van der Waals surface area contributed by atoms with E-state index < -0.39 is 17.5 Å². The van der Waals surface area contributed by atoms with Crippen LogP contribution in [0.1, 0.15) is 21.9 Å². The Morgan fingerprint density at radius 1 is 1.26 bits per heavy atom. The van der Waals surface area contributed by atoms with Crippen LogP contribution in [-0.2, 0) is 6.42 Å². The van der Waals surface area contributed by atoms with Crippen molar-refractivity contribution >= 4 is 5.91 Å². The lowest BCUT2D eigenvalue weighted by atomic mass is 10.2. The number of amides is 1. The van der Waals surface area contributed by atoms with Crippen molar-refractivity contribution in [2.45, 2.75) is 13.3 Å². The summed E-state index contributed by atoms with van der Waals surface area (Å²) >= 11 is 0. The average Bonchev–Trinajstić information content (AvgIpc) is 2.75. The van der Waals surface area contributed by atoms with E-state index in [4.69, 9.17) is 4.42 Å². The Labute approximate surface area is 109 Å². The maximum Gasteiger partial charge on any atom is 0.254 e. The molecule has 0 aliphatic heterocycles. The predicted molar refractivity (Wildman–Crippen MR) is 65.8 cm³/mol. The fourth-order valence-electron chi connectivity index (χ4n) is 1.69. The minimum atomic E-state index is -0.869. The van der Waals surface area contributed by atoms with E-state index in [2.05, 4.69) is 5.32 Å². The Bertz CT molecular complexity index is 593. The molecule has 0 atom stereocenters. The fourth-order valence-corrected chi connectivity index (χ4v) is 1.69. The molecule has 1 N–H and O–H groups in total. The van der Waals surface area contributed by atoms with Crippen LogP contribution in [0, 0.1) is 18.6 Å². The van der Waals surface area contributed by atoms with Crippen LogP contribution >= 0.6 is 0 Å². The largest absolute Gasteiger partial charge is 0.466 e. The Morgan fingerprint density at radius 3 is 2.68 bits per heavy atom. The van der Waals surface area contributed by atoms with Gasteiger partial charge in [0.2, 0.25) is 0 Å². The van der Waals surface area contributed by atoms with Crippen LogP contribution in [0.25, 0.3) is 0 Å². The molecule has 2 rings (SSSR count). The van der Waals surface area contributed by atoms with E-state index in [-0.39, 0.29) is 5.56 Å². The van der Waals surface area contributed by atoms with Gasteiger partial charge < -0.3 is 9.73 Å². The minimum Gasteiger partial charge on any atom is -0.466 e. The van der Waals surface area contributed by atoms with Crippen molar-refractivity contribution in [3.8, 4) is 0 Å². The molecule has 3 nitrogen and oxygen atoms in total. The molecule has 19 heavy (non-hydrogen) atoms. The van der Waals surface area contributed by atoms with Gasteiger partial charge in [-0.2, -0.15) is 0 Å². The number of carbonyl (C=O) groups is 1. The van der Waals surface area contributed by atoms with E-state index in [1.807, 2.05) is 19.1 Å². The lowest BCUT2D eigenvalue weighted by Crippen LogP contribution is -2.26. The van der Waals surface area contributed by atoms with Gasteiger partial charge in [0.15, 0.2) is 0 Å². The number of nitrogens with one attached hydrogen (secondary N) is 1. The molecule has 0 fully saturated rings. The molecule has 0 aliphatic carbocycles. The highest BCUT2D eigenvalue weighted by Crippen LogP contribution is 2.10. The van der Waals surface area contributed by atoms with E-state index in [1.165, 1.54) is 0 Å². The van der Waals surface area contributed by atoms with E-state index in [9.17, 15) is 13.6 Å². The van der Waals surface area contributed by atoms with Crippen molar-refractivity contribution in [2.75, 3.05) is 6.54 Å². The van der Waals surface area contributed by atoms with E-state index in [0.717, 1.165) is 23.7 Å². The number of hydrogen-bond acceptors (Lipinski definition) is 2. The topological polar surface area (TPSA) is 42.2 Å². The SMILES string of the molecule is Cc1ccc(CCNC(=O)c2ccc(F)cc2F)o1. The number of hydrogen-bond donors (Lipinski definition) is 1. The third kappa shape index (κ3) is 3.40. The van der Waals surface area contributed by atoms with Crippen molar-refractivity contribution in [1.82, 2.24) is 5.32 Å². The summed E-state index contributed by atoms with van der Waals surface area (Å²) in [5, 5.41) is 2.56. The number of carbonyl (C=O) groups excluding carboxylic acids is 1. The van der Waals surface area contributed by atoms with E-state index >= 15 is 0 Å². The Balaban J connectivity index is 1.90. The van der Waals surface area contributed by atoms with Gasteiger partial charge in [-0.05, 0) is 31.2 Å². The molecule has 1 aromatic carbocycles. The summed E-state index contributed by atoms with van der Waals surface area (Å²) in [4.78, 5) is 11.7. The van der Waals surface area contributed by atoms with E-state index in [0.29, 0.717) is 19.0 Å². The number of halogens is 2. The molecule has 0 aliphatic rings. The number of rotatable bonds is 4. The average molecular weight is 265 g/mol. The molecule has 1 aromatic heterocycles. The minimum absolute atomic E-state index is 0.169. The Morgan fingerprint density at radius 2 is 2.05 bits per heavy atom. The maximum absolute atomic E-state index is 13.3. The van der Waals surface area contributed by atoms with Crippen molar-refractivity contribution in [1.29, 1.82) is 0 Å². The zero-order valence-corrected chi connectivity index (χ0v) is 10.4. The predicted octanol–water partition coefficient (Wildman–Crippen LogP) is 2.84. The highest BCUT2D eigenvalue weighted by Gasteiger charge is 2.12. The molecule has 0 radical (unpaired) electrons. The van der Waals surface area contributed by atoms with Crippen LogP contribution in [0.15, 0.2) is 34.7 Å². The van der Waals surface area contributed by atoms with Crippen LogP contribution < -0.4 is 5.32 Å². The highest BCUT2D eigenvalue weighted by molar-refractivity contribution is 5.94. The van der Waals surface area contributed by atoms with Gasteiger partial charge in [0, 0.05) is 19.0 Å². The maximum atomic E-state index is 13.3. The standard InChI is InChI=1S/C14H13F2NO2/c1-9-2-4-11(19-9)6-7-17-14(18)12-5-3-10(15)8-13(12)16/h2-5,8H,6-7H2,1H3,(H,17,18). The van der Waals surface area contributed by atoms with Crippen LogP contribution in [0.3, 0.4) is 0 Å². The molecule has 1 amide bonds. The summed E-state index contributed by atoms with van der Waals surface area (Å²) in [6, 6.07) is 6.51. The second-order valence-corrected chi connectivity index (χ2v) is 4.14. The van der Waals surface area contributed by atoms with Crippen molar-refractivity contribution in [2.24, 2.45) is 0 Å². The fraction of sp³-hybridized carbons (Fsp3) is 0.214. The quantitative estimate of drug-likeness (QED) is 0.923. The van der Waals surface area contributed by atoms with Gasteiger partial charge in [-0.15, -0.1) is 0 Å². The van der Waals surface area contributed by atoms with Crippen molar-refractivity contribution < 1.29 is 18.0 Å². The smallest absolute Gasteiger partial charge is 0.254 e. The number of benzene rings is 1. The van der Waals surface area contributed by atoms with Gasteiger partial charge in [-0.1, -0.05) is 0 Å². The number of furan rings is 1. The third-order valence-corrected chi connectivity index (χ3v) is 2.63. The summed E-state index contributed by atoms with van der Waals surface area (Å²) in [7, 11) is 0. The summed E-state index contributed by atoms with van der Waals surface area (Å²) in [5.74, 6) is -0.601. The molecule has 1 heterocycles. The summed E-state index contributed by atoms with van der Waals surface area (Å²) < 4.78 is 31.4. The van der Waals surface area contributed by atoms with Crippen LogP contribution in [0.2, 0.25) is 0 Å². The van der Waals surface area contributed by atoms with Gasteiger partial charge >= 0.3 is 0 Å². The molecule has 5 heteroatoms. The first-order chi connectivity index (χ1) is 9.06. The van der Waals surface area contributed by atoms with Gasteiger partial charge in [-0.3, -0.25) is 4.79 Å².